The van der Waals surface area contributed by atoms with Gasteiger partial charge in [0.25, 0.3) is 10.0 Å². The lowest BCUT2D eigenvalue weighted by Gasteiger charge is -2.14. The Balaban J connectivity index is 2.46. The van der Waals surface area contributed by atoms with Crippen LogP contribution in [0.3, 0.4) is 0 Å². The van der Waals surface area contributed by atoms with E-state index in [-0.39, 0.29) is 33.7 Å². The van der Waals surface area contributed by atoms with Crippen molar-refractivity contribution < 1.29 is 22.8 Å². The predicted octanol–water partition coefficient (Wildman–Crippen LogP) is 3.51. The molecular formula is C18H20N2O6S. The van der Waals surface area contributed by atoms with Gasteiger partial charge in [0.2, 0.25) is 5.75 Å². The Kier molecular flexibility index (Phi) is 6.17. The molecule has 0 amide bonds. The summed E-state index contributed by atoms with van der Waals surface area (Å²) in [6.45, 7) is 5.30. The van der Waals surface area contributed by atoms with Gasteiger partial charge in [-0.3, -0.25) is 10.1 Å². The molecule has 0 aromatic heterocycles. The van der Waals surface area contributed by atoms with Crippen molar-refractivity contribution >= 4 is 21.9 Å². The summed E-state index contributed by atoms with van der Waals surface area (Å²) in [6, 6.07) is 8.84. The smallest absolute Gasteiger partial charge is 0.315 e. The van der Waals surface area contributed by atoms with E-state index < -0.39 is 14.9 Å². The molecule has 144 valence electrons. The lowest BCUT2D eigenvalue weighted by molar-refractivity contribution is -0.386. The standard InChI is InChI=1S/C18H20N2O6S/c1-12(2)26-18-16(20(21)22)9-14(10-17(18)25-4)11-19-27(23,24)15-7-5-13(3)6-8-15/h5-12H,1-4H3/b19-11-. The molecule has 8 nitrogen and oxygen atoms in total. The van der Waals surface area contributed by atoms with Crippen molar-refractivity contribution in [2.45, 2.75) is 31.8 Å². The van der Waals surface area contributed by atoms with E-state index in [1.807, 2.05) is 6.92 Å². The second kappa shape index (κ2) is 8.17. The molecule has 0 aliphatic rings. The lowest BCUT2D eigenvalue weighted by atomic mass is 10.2. The number of methoxy groups -OCH3 is 1. The number of hydrogen-bond donors (Lipinski definition) is 0. The minimum Gasteiger partial charge on any atom is -0.493 e. The first-order valence-electron chi connectivity index (χ1n) is 8.04. The molecule has 0 saturated carbocycles. The highest BCUT2D eigenvalue weighted by atomic mass is 32.2. The van der Waals surface area contributed by atoms with E-state index in [9.17, 15) is 18.5 Å². The molecule has 0 atom stereocenters. The third-order valence-corrected chi connectivity index (χ3v) is 4.74. The summed E-state index contributed by atoms with van der Waals surface area (Å²) in [5.74, 6) is 0.100. The minimum atomic E-state index is -3.93. The zero-order valence-corrected chi connectivity index (χ0v) is 16.2. The van der Waals surface area contributed by atoms with Crippen LogP contribution in [0.15, 0.2) is 45.7 Å². The fraction of sp³-hybridized carbons (Fsp3) is 0.278. The van der Waals surface area contributed by atoms with Crippen molar-refractivity contribution in [3.05, 3.63) is 57.6 Å². The first-order valence-corrected chi connectivity index (χ1v) is 9.48. The molecule has 0 spiro atoms. The minimum absolute atomic E-state index is 0.0176. The van der Waals surface area contributed by atoms with E-state index in [1.165, 1.54) is 31.4 Å². The molecule has 0 aliphatic carbocycles. The number of aryl methyl sites for hydroxylation is 1. The van der Waals surface area contributed by atoms with Crippen LogP contribution in [0.25, 0.3) is 0 Å². The predicted molar refractivity (Wildman–Crippen MR) is 101 cm³/mol. The third kappa shape index (κ3) is 5.04. The molecular weight excluding hydrogens is 372 g/mol. The Hall–Kier alpha value is -2.94. The molecule has 27 heavy (non-hydrogen) atoms. The highest BCUT2D eigenvalue weighted by molar-refractivity contribution is 7.90. The number of sulfonamides is 1. The molecule has 0 heterocycles. The van der Waals surface area contributed by atoms with Crippen molar-refractivity contribution in [2.24, 2.45) is 4.40 Å². The number of benzene rings is 2. The summed E-state index contributed by atoms with van der Waals surface area (Å²) in [7, 11) is -2.59. The van der Waals surface area contributed by atoms with Crippen molar-refractivity contribution in [3.63, 3.8) is 0 Å². The Bertz CT molecular complexity index is 966. The molecule has 0 fully saturated rings. The summed E-state index contributed by atoms with van der Waals surface area (Å²) in [5.41, 5.74) is 0.779. The van der Waals surface area contributed by atoms with Crippen LogP contribution >= 0.6 is 0 Å². The van der Waals surface area contributed by atoms with Gasteiger partial charge < -0.3 is 9.47 Å². The van der Waals surface area contributed by atoms with E-state index in [0.29, 0.717) is 0 Å². The van der Waals surface area contributed by atoms with Gasteiger partial charge in [-0.15, -0.1) is 0 Å². The molecule has 0 saturated heterocycles. The first-order chi connectivity index (χ1) is 12.6. The largest absolute Gasteiger partial charge is 0.493 e. The molecule has 0 bridgehead atoms. The van der Waals surface area contributed by atoms with Gasteiger partial charge in [-0.1, -0.05) is 17.7 Å². The molecule has 2 aromatic carbocycles. The topological polar surface area (TPSA) is 108 Å². The maximum Gasteiger partial charge on any atom is 0.315 e. The van der Waals surface area contributed by atoms with Gasteiger partial charge in [0.1, 0.15) is 0 Å². The number of nitrogens with zero attached hydrogens (tertiary/aromatic N) is 2. The SMILES string of the molecule is COc1cc(/C=N\S(=O)(=O)c2ccc(C)cc2)cc([N+](=O)[O-])c1OC(C)C. The van der Waals surface area contributed by atoms with Gasteiger partial charge in [0.05, 0.1) is 23.0 Å². The van der Waals surface area contributed by atoms with Crippen LogP contribution in [0.5, 0.6) is 11.5 Å². The summed E-state index contributed by atoms with van der Waals surface area (Å²) in [6.07, 6.45) is 0.739. The second-order valence-corrected chi connectivity index (χ2v) is 7.65. The van der Waals surface area contributed by atoms with Gasteiger partial charge in [0.15, 0.2) is 5.75 Å². The lowest BCUT2D eigenvalue weighted by Crippen LogP contribution is -2.09. The normalized spacial score (nSPS) is 11.7. The molecule has 2 aromatic rings. The fourth-order valence-corrected chi connectivity index (χ4v) is 3.09. The van der Waals surface area contributed by atoms with Crippen LogP contribution in [0.4, 0.5) is 5.69 Å². The average Bonchev–Trinajstić information content (AvgIpc) is 2.60. The number of ether oxygens (including phenoxy) is 2. The number of nitro benzene ring substituents is 1. The summed E-state index contributed by atoms with van der Waals surface area (Å²) in [5, 5.41) is 11.4. The Morgan fingerprint density at radius 3 is 2.33 bits per heavy atom. The maximum absolute atomic E-state index is 12.3. The van der Waals surface area contributed by atoms with Crippen LogP contribution < -0.4 is 9.47 Å². The summed E-state index contributed by atoms with van der Waals surface area (Å²) < 4.78 is 38.9. The van der Waals surface area contributed by atoms with Gasteiger partial charge in [0, 0.05) is 17.8 Å². The van der Waals surface area contributed by atoms with Crippen LogP contribution in [0.1, 0.15) is 25.0 Å². The molecule has 2 rings (SSSR count). The summed E-state index contributed by atoms with van der Waals surface area (Å²) >= 11 is 0. The van der Waals surface area contributed by atoms with Crippen molar-refractivity contribution in [3.8, 4) is 11.5 Å². The molecule has 0 radical (unpaired) electrons. The number of hydrogen-bond acceptors (Lipinski definition) is 6. The zero-order chi connectivity index (χ0) is 20.2. The summed E-state index contributed by atoms with van der Waals surface area (Å²) in [4.78, 5) is 10.8. The van der Waals surface area contributed by atoms with Gasteiger partial charge in [-0.2, -0.15) is 12.8 Å². The van der Waals surface area contributed by atoms with Crippen LogP contribution in [0, 0.1) is 17.0 Å². The van der Waals surface area contributed by atoms with Gasteiger partial charge >= 0.3 is 5.69 Å². The third-order valence-electron chi connectivity index (χ3n) is 3.49. The van der Waals surface area contributed by atoms with E-state index in [1.54, 1.807) is 26.0 Å². The maximum atomic E-state index is 12.3. The average molecular weight is 392 g/mol. The molecule has 0 aliphatic heterocycles. The van der Waals surface area contributed by atoms with E-state index >= 15 is 0 Å². The van der Waals surface area contributed by atoms with Crippen LogP contribution in [-0.2, 0) is 10.0 Å². The number of nitro groups is 1. The first kappa shape index (κ1) is 20.4. The van der Waals surface area contributed by atoms with Crippen molar-refractivity contribution in [1.29, 1.82) is 0 Å². The molecule has 0 N–H and O–H groups in total. The van der Waals surface area contributed by atoms with Crippen LogP contribution in [0.2, 0.25) is 0 Å². The van der Waals surface area contributed by atoms with Gasteiger partial charge in [-0.25, -0.2) is 0 Å². The van der Waals surface area contributed by atoms with E-state index in [0.717, 1.165) is 11.8 Å². The quantitative estimate of drug-likeness (QED) is 0.405. The Morgan fingerprint density at radius 1 is 1.19 bits per heavy atom. The van der Waals surface area contributed by atoms with Crippen molar-refractivity contribution in [2.75, 3.05) is 7.11 Å². The van der Waals surface area contributed by atoms with E-state index in [4.69, 9.17) is 9.47 Å². The number of rotatable bonds is 7. The molecule has 0 unspecified atom stereocenters. The van der Waals surface area contributed by atoms with Crippen LogP contribution in [-0.4, -0.2) is 32.8 Å². The molecule has 9 heteroatoms. The van der Waals surface area contributed by atoms with Crippen molar-refractivity contribution in [1.82, 2.24) is 0 Å². The monoisotopic (exact) mass is 392 g/mol. The van der Waals surface area contributed by atoms with E-state index in [2.05, 4.69) is 4.40 Å². The Morgan fingerprint density at radius 2 is 1.81 bits per heavy atom. The Labute approximate surface area is 157 Å². The highest BCUT2D eigenvalue weighted by Crippen LogP contribution is 2.38. The second-order valence-electron chi connectivity index (χ2n) is 6.02. The highest BCUT2D eigenvalue weighted by Gasteiger charge is 2.23. The zero-order valence-electron chi connectivity index (χ0n) is 15.4. The van der Waals surface area contributed by atoms with Gasteiger partial charge in [-0.05, 0) is 39.0 Å². The fourth-order valence-electron chi connectivity index (χ4n) is 2.23.